The molecule has 1 aliphatic rings. The predicted octanol–water partition coefficient (Wildman–Crippen LogP) is 4.04. The monoisotopic (exact) mass is 395 g/mol. The molecular formula is C23H29N3O3. The molecule has 0 aromatic heterocycles. The topological polar surface area (TPSA) is 61.9 Å². The first-order valence-electron chi connectivity index (χ1n) is 10.1. The maximum absolute atomic E-state index is 12.8. The second kappa shape index (κ2) is 8.99. The molecule has 1 atom stereocenters. The van der Waals surface area contributed by atoms with Crippen LogP contribution in [0.4, 0.5) is 16.2 Å². The Morgan fingerprint density at radius 3 is 2.48 bits per heavy atom. The minimum absolute atomic E-state index is 0.0302. The van der Waals surface area contributed by atoms with E-state index in [1.54, 1.807) is 9.80 Å². The smallest absolute Gasteiger partial charge is 0.322 e. The molecule has 0 radical (unpaired) electrons. The van der Waals surface area contributed by atoms with Crippen LogP contribution in [-0.2, 0) is 4.79 Å². The van der Waals surface area contributed by atoms with Crippen molar-refractivity contribution in [3.05, 3.63) is 53.6 Å². The highest BCUT2D eigenvalue weighted by Crippen LogP contribution is 2.25. The van der Waals surface area contributed by atoms with Gasteiger partial charge in [0.25, 0.3) is 0 Å². The molecule has 2 aromatic rings. The van der Waals surface area contributed by atoms with E-state index in [1.165, 1.54) is 5.56 Å². The van der Waals surface area contributed by atoms with Crippen molar-refractivity contribution in [2.24, 2.45) is 0 Å². The number of carbonyl (C=O) groups is 2. The lowest BCUT2D eigenvalue weighted by Gasteiger charge is -2.24. The van der Waals surface area contributed by atoms with E-state index >= 15 is 0 Å². The molecule has 1 heterocycles. The fraction of sp³-hybridized carbons (Fsp3) is 0.391. The van der Waals surface area contributed by atoms with Crippen LogP contribution in [0.1, 0.15) is 31.4 Å². The molecule has 1 fully saturated rings. The van der Waals surface area contributed by atoms with Crippen LogP contribution in [0.3, 0.4) is 0 Å². The zero-order valence-corrected chi connectivity index (χ0v) is 17.6. The number of ether oxygens (including phenoxy) is 1. The molecule has 29 heavy (non-hydrogen) atoms. The van der Waals surface area contributed by atoms with Crippen molar-refractivity contribution in [2.45, 2.75) is 40.2 Å². The number of hydrogen-bond donors (Lipinski definition) is 1. The summed E-state index contributed by atoms with van der Waals surface area (Å²) >= 11 is 0. The number of nitrogens with one attached hydrogen (secondary N) is 1. The van der Waals surface area contributed by atoms with Gasteiger partial charge in [0.2, 0.25) is 5.91 Å². The Bertz CT molecular complexity index is 879. The van der Waals surface area contributed by atoms with E-state index in [9.17, 15) is 9.59 Å². The van der Waals surface area contributed by atoms with E-state index < -0.39 is 0 Å². The minimum Gasteiger partial charge on any atom is -0.494 e. The van der Waals surface area contributed by atoms with E-state index in [2.05, 4.69) is 5.32 Å². The highest BCUT2D eigenvalue weighted by molar-refractivity contribution is 5.98. The molecule has 1 aliphatic heterocycles. The maximum atomic E-state index is 12.8. The molecule has 0 saturated carbocycles. The lowest BCUT2D eigenvalue weighted by molar-refractivity contribution is -0.117. The maximum Gasteiger partial charge on any atom is 0.322 e. The van der Waals surface area contributed by atoms with E-state index in [0.29, 0.717) is 26.1 Å². The number of aryl methyl sites for hydroxylation is 2. The molecule has 0 aliphatic carbocycles. The van der Waals surface area contributed by atoms with Crippen LogP contribution in [0, 0.1) is 13.8 Å². The fourth-order valence-electron chi connectivity index (χ4n) is 3.53. The van der Waals surface area contributed by atoms with Gasteiger partial charge in [-0.3, -0.25) is 9.69 Å². The normalized spacial score (nSPS) is 16.1. The number of anilines is 2. The number of amides is 3. The number of urea groups is 1. The van der Waals surface area contributed by atoms with Gasteiger partial charge in [-0.2, -0.15) is 0 Å². The Kier molecular flexibility index (Phi) is 6.42. The third-order valence-electron chi connectivity index (χ3n) is 5.28. The summed E-state index contributed by atoms with van der Waals surface area (Å²) in [5.74, 6) is 0.806. The Morgan fingerprint density at radius 1 is 1.14 bits per heavy atom. The second-order valence-corrected chi connectivity index (χ2v) is 7.29. The van der Waals surface area contributed by atoms with Gasteiger partial charge in [0.1, 0.15) is 5.75 Å². The Hall–Kier alpha value is -3.02. The Labute approximate surface area is 172 Å². The zero-order valence-electron chi connectivity index (χ0n) is 17.6. The van der Waals surface area contributed by atoms with E-state index in [0.717, 1.165) is 22.7 Å². The molecule has 154 valence electrons. The average Bonchev–Trinajstić information content (AvgIpc) is 3.06. The van der Waals surface area contributed by atoms with Crippen molar-refractivity contribution in [1.29, 1.82) is 0 Å². The first-order chi connectivity index (χ1) is 13.9. The summed E-state index contributed by atoms with van der Waals surface area (Å²) in [6.07, 6.45) is 0.305. The molecule has 1 saturated heterocycles. The van der Waals surface area contributed by atoms with Gasteiger partial charge in [-0.05, 0) is 75.2 Å². The van der Waals surface area contributed by atoms with Crippen molar-refractivity contribution < 1.29 is 14.3 Å². The largest absolute Gasteiger partial charge is 0.494 e. The number of rotatable bonds is 6. The SMILES string of the molecule is CCOc1ccc(N(CC)C(=O)N[C@@H]2CC(=O)N(c3ccc(C)c(C)c3)C2)cc1. The van der Waals surface area contributed by atoms with Crippen molar-refractivity contribution in [3.8, 4) is 5.75 Å². The third kappa shape index (κ3) is 4.70. The molecule has 1 N–H and O–H groups in total. The molecule has 2 aromatic carbocycles. The highest BCUT2D eigenvalue weighted by Gasteiger charge is 2.32. The quantitative estimate of drug-likeness (QED) is 0.803. The summed E-state index contributed by atoms with van der Waals surface area (Å²) in [6, 6.07) is 13.0. The molecule has 0 bridgehead atoms. The zero-order chi connectivity index (χ0) is 21.0. The van der Waals surface area contributed by atoms with Gasteiger partial charge in [0.05, 0.1) is 12.6 Å². The van der Waals surface area contributed by atoms with E-state index in [-0.39, 0.29) is 18.0 Å². The summed E-state index contributed by atoms with van der Waals surface area (Å²) in [6.45, 7) is 9.56. The van der Waals surface area contributed by atoms with Crippen molar-refractivity contribution >= 4 is 23.3 Å². The van der Waals surface area contributed by atoms with Crippen molar-refractivity contribution in [1.82, 2.24) is 5.32 Å². The summed E-state index contributed by atoms with van der Waals surface area (Å²) in [5, 5.41) is 3.02. The van der Waals surface area contributed by atoms with Crippen LogP contribution < -0.4 is 19.9 Å². The van der Waals surface area contributed by atoms with Crippen molar-refractivity contribution in [3.63, 3.8) is 0 Å². The van der Waals surface area contributed by atoms with Crippen LogP contribution in [-0.4, -0.2) is 37.7 Å². The number of hydrogen-bond acceptors (Lipinski definition) is 3. The van der Waals surface area contributed by atoms with Gasteiger partial charge in [0, 0.05) is 30.9 Å². The van der Waals surface area contributed by atoms with Crippen molar-refractivity contribution in [2.75, 3.05) is 29.5 Å². The van der Waals surface area contributed by atoms with Gasteiger partial charge < -0.3 is 15.0 Å². The summed E-state index contributed by atoms with van der Waals surface area (Å²) < 4.78 is 5.46. The van der Waals surface area contributed by atoms with Gasteiger partial charge in [0.15, 0.2) is 0 Å². The highest BCUT2D eigenvalue weighted by atomic mass is 16.5. The van der Waals surface area contributed by atoms with E-state index in [1.807, 2.05) is 70.2 Å². The van der Waals surface area contributed by atoms with Gasteiger partial charge in [-0.25, -0.2) is 4.79 Å². The van der Waals surface area contributed by atoms with Gasteiger partial charge in [-0.15, -0.1) is 0 Å². The molecule has 3 rings (SSSR count). The Morgan fingerprint density at radius 2 is 1.86 bits per heavy atom. The summed E-state index contributed by atoms with van der Waals surface area (Å²) in [5.41, 5.74) is 4.02. The number of carbonyl (C=O) groups excluding carboxylic acids is 2. The second-order valence-electron chi connectivity index (χ2n) is 7.29. The van der Waals surface area contributed by atoms with Crippen LogP contribution in [0.5, 0.6) is 5.75 Å². The standard InChI is InChI=1S/C23H29N3O3/c1-5-25(19-9-11-21(12-10-19)29-6-2)23(28)24-18-14-22(27)26(15-18)20-8-7-16(3)17(4)13-20/h7-13,18H,5-6,14-15H2,1-4H3,(H,24,28)/t18-/m1/s1. The molecule has 3 amide bonds. The number of nitrogens with zero attached hydrogens (tertiary/aromatic N) is 2. The van der Waals surface area contributed by atoms with Gasteiger partial charge >= 0.3 is 6.03 Å². The first-order valence-corrected chi connectivity index (χ1v) is 10.1. The molecule has 0 unspecified atom stereocenters. The molecule has 6 heteroatoms. The summed E-state index contributed by atoms with van der Waals surface area (Å²) in [4.78, 5) is 28.8. The predicted molar refractivity (Wildman–Crippen MR) is 116 cm³/mol. The van der Waals surface area contributed by atoms with Crippen LogP contribution >= 0.6 is 0 Å². The lowest BCUT2D eigenvalue weighted by atomic mass is 10.1. The molecular weight excluding hydrogens is 366 g/mol. The summed E-state index contributed by atoms with van der Waals surface area (Å²) in [7, 11) is 0. The van der Waals surface area contributed by atoms with Crippen LogP contribution in [0.15, 0.2) is 42.5 Å². The minimum atomic E-state index is -0.214. The molecule has 0 spiro atoms. The van der Waals surface area contributed by atoms with E-state index in [4.69, 9.17) is 4.74 Å². The Balaban J connectivity index is 1.66. The van der Waals surface area contributed by atoms with Gasteiger partial charge in [-0.1, -0.05) is 6.07 Å². The average molecular weight is 396 g/mol. The number of benzene rings is 2. The van der Waals surface area contributed by atoms with Crippen LogP contribution in [0.25, 0.3) is 0 Å². The third-order valence-corrected chi connectivity index (χ3v) is 5.28. The fourth-order valence-corrected chi connectivity index (χ4v) is 3.53. The molecule has 6 nitrogen and oxygen atoms in total. The van der Waals surface area contributed by atoms with Crippen LogP contribution in [0.2, 0.25) is 0 Å². The first kappa shape index (κ1) is 20.7. The lowest BCUT2D eigenvalue weighted by Crippen LogP contribution is -2.46.